The van der Waals surface area contributed by atoms with Crippen LogP contribution in [0.25, 0.3) is 0 Å². The molecule has 0 atom stereocenters. The minimum atomic E-state index is -2.74. The zero-order valence-corrected chi connectivity index (χ0v) is 16.8. The number of rotatable bonds is 10. The molecule has 0 aliphatic carbocycles. The molecule has 0 aliphatic heterocycles. The first kappa shape index (κ1) is 37.9. The molecule has 177 valence electrons. The predicted molar refractivity (Wildman–Crippen MR) is 74.2 cm³/mol. The zero-order valence-electron chi connectivity index (χ0n) is 13.8. The van der Waals surface area contributed by atoms with Gasteiger partial charge in [0.25, 0.3) is 0 Å². The van der Waals surface area contributed by atoms with Crippen molar-refractivity contribution in [2.45, 2.75) is 36.9 Å². The maximum atomic E-state index is 10.3. The Hall–Kier alpha value is -1.77. The molecular weight excluding hydrogens is 544 g/mol. The summed E-state index contributed by atoms with van der Waals surface area (Å²) in [5, 5.41) is 67.6. The van der Waals surface area contributed by atoms with Crippen molar-refractivity contribution < 1.29 is 119 Å². The molecule has 0 aromatic carbocycles. The van der Waals surface area contributed by atoms with E-state index in [9.17, 15) is 28.8 Å². The van der Waals surface area contributed by atoms with Gasteiger partial charge in [-0.05, 0) is 0 Å². The number of aliphatic carboxylic acids is 6. The summed E-state index contributed by atoms with van der Waals surface area (Å²) in [6, 6.07) is 0. The summed E-state index contributed by atoms with van der Waals surface area (Å²) < 4.78 is 0. The van der Waals surface area contributed by atoms with Crippen molar-refractivity contribution in [3.8, 4) is 0 Å². The Labute approximate surface area is 191 Å². The monoisotopic (exact) mass is 559 g/mol. The second kappa shape index (κ2) is 16.1. The molecule has 29 heavy (non-hydrogen) atoms. The number of carboxylic acid groups (broad SMARTS) is 6. The number of carbonyl (C=O) groups is 6. The second-order valence-corrected chi connectivity index (χ2v) is 4.96. The predicted octanol–water partition coefficient (Wildman–Crippen LogP) is -2.50. The van der Waals surface area contributed by atoms with Crippen molar-refractivity contribution in [1.29, 1.82) is 0 Å². The van der Waals surface area contributed by atoms with E-state index in [1.54, 1.807) is 0 Å². The van der Waals surface area contributed by atoms with Crippen molar-refractivity contribution in [3.05, 3.63) is 0 Å². The van der Waals surface area contributed by atoms with Gasteiger partial charge < -0.3 is 40.9 Å². The molecule has 0 heterocycles. The van der Waals surface area contributed by atoms with E-state index in [2.05, 4.69) is 0 Å². The first-order valence-electron chi connectivity index (χ1n) is 6.34. The van der Waals surface area contributed by atoms with Crippen molar-refractivity contribution in [3.63, 3.8) is 0 Å². The average molecular weight is 561 g/mol. The summed E-state index contributed by atoms with van der Waals surface area (Å²) >= 11 is 0. The molecule has 0 saturated carbocycles. The van der Waals surface area contributed by atoms with Gasteiger partial charge in [0.1, 0.15) is 0 Å². The Morgan fingerprint density at radius 2 is 0.621 bits per heavy atom. The van der Waals surface area contributed by atoms with Gasteiger partial charge >= 0.3 is 35.8 Å². The van der Waals surface area contributed by atoms with Crippen molar-refractivity contribution in [1.82, 2.24) is 0 Å². The van der Waals surface area contributed by atoms with Crippen LogP contribution < -0.4 is 0 Å². The number of hydrogen-bond donors (Lipinski definition) is 8. The SMILES string of the molecule is O=C(O)CC(O)(CC(=O)O)C(=O)O.O=C(O)CC(O)(CC(=O)O)C(=O)O.[Co].[Ni].[Ni]. The molecular formula is C12H16CoNi2O14. The normalized spacial score (nSPS) is 9.72. The van der Waals surface area contributed by atoms with Gasteiger partial charge in [-0.3, -0.25) is 19.2 Å². The van der Waals surface area contributed by atoms with Gasteiger partial charge in [-0.2, -0.15) is 0 Å². The van der Waals surface area contributed by atoms with Crippen LogP contribution in [0.2, 0.25) is 0 Å². The van der Waals surface area contributed by atoms with E-state index in [-0.39, 0.29) is 49.8 Å². The fourth-order valence-corrected chi connectivity index (χ4v) is 1.43. The van der Waals surface area contributed by atoms with Crippen LogP contribution in [0.4, 0.5) is 0 Å². The van der Waals surface area contributed by atoms with E-state index in [4.69, 9.17) is 40.9 Å². The maximum Gasteiger partial charge on any atom is 0.336 e. The third-order valence-corrected chi connectivity index (χ3v) is 2.57. The second-order valence-electron chi connectivity index (χ2n) is 4.96. The molecule has 0 aromatic heterocycles. The smallest absolute Gasteiger partial charge is 0.336 e. The topological polar surface area (TPSA) is 264 Å². The third kappa shape index (κ3) is 16.9. The van der Waals surface area contributed by atoms with Crippen molar-refractivity contribution in [2.24, 2.45) is 0 Å². The maximum absolute atomic E-state index is 10.3. The average Bonchev–Trinajstić information content (AvgIpc) is 2.34. The Balaban J connectivity index is -0.000000120. The summed E-state index contributed by atoms with van der Waals surface area (Å²) in [5.41, 5.74) is -5.48. The number of hydrogen-bond acceptors (Lipinski definition) is 8. The Bertz CT molecular complexity index is 523. The van der Waals surface area contributed by atoms with Crippen molar-refractivity contribution in [2.75, 3.05) is 0 Å². The van der Waals surface area contributed by atoms with Gasteiger partial charge in [0.15, 0.2) is 11.2 Å². The van der Waals surface area contributed by atoms with Crippen molar-refractivity contribution >= 4 is 35.8 Å². The van der Waals surface area contributed by atoms with Gasteiger partial charge in [-0.15, -0.1) is 0 Å². The number of aliphatic hydroxyl groups is 2. The zero-order chi connectivity index (χ0) is 21.3. The minimum absolute atomic E-state index is 0. The molecule has 0 rings (SSSR count). The first-order valence-corrected chi connectivity index (χ1v) is 6.34. The molecule has 0 bridgehead atoms. The Morgan fingerprint density at radius 3 is 0.690 bits per heavy atom. The molecule has 0 aromatic rings. The van der Waals surface area contributed by atoms with E-state index in [0.29, 0.717) is 0 Å². The summed E-state index contributed by atoms with van der Waals surface area (Å²) in [7, 11) is 0. The summed E-state index contributed by atoms with van der Waals surface area (Å²) in [6.45, 7) is 0. The van der Waals surface area contributed by atoms with E-state index in [1.807, 2.05) is 0 Å². The molecule has 8 N–H and O–H groups in total. The van der Waals surface area contributed by atoms with Crippen LogP contribution in [0.5, 0.6) is 0 Å². The molecule has 0 unspecified atom stereocenters. The van der Waals surface area contributed by atoms with E-state index in [0.717, 1.165) is 0 Å². The number of carboxylic acids is 6. The summed E-state index contributed by atoms with van der Waals surface area (Å²) in [4.78, 5) is 61.0. The molecule has 14 nitrogen and oxygen atoms in total. The van der Waals surface area contributed by atoms with E-state index >= 15 is 0 Å². The standard InChI is InChI=1S/2C6H8O7.Co.2Ni/c2*7-3(8)1-6(13,5(11)12)2-4(9)10;;;/h2*13H,1-2H2,(H,7,8)(H,9,10)(H,11,12);;;. The van der Waals surface area contributed by atoms with Gasteiger partial charge in [0.05, 0.1) is 25.7 Å². The van der Waals surface area contributed by atoms with Crippen LogP contribution in [0.1, 0.15) is 25.7 Å². The van der Waals surface area contributed by atoms with Gasteiger partial charge in [0.2, 0.25) is 0 Å². The van der Waals surface area contributed by atoms with Gasteiger partial charge in [0, 0.05) is 49.8 Å². The van der Waals surface area contributed by atoms with Crippen LogP contribution in [0.3, 0.4) is 0 Å². The summed E-state index contributed by atoms with van der Waals surface area (Å²) in [5.74, 6) is -10.0. The fourth-order valence-electron chi connectivity index (χ4n) is 1.43. The van der Waals surface area contributed by atoms with Crippen LogP contribution in [0.15, 0.2) is 0 Å². The molecule has 17 heteroatoms. The van der Waals surface area contributed by atoms with Crippen LogP contribution in [-0.2, 0) is 78.5 Å². The molecule has 0 amide bonds. The van der Waals surface area contributed by atoms with Gasteiger partial charge in [-0.1, -0.05) is 0 Å². The third-order valence-electron chi connectivity index (χ3n) is 2.57. The molecule has 0 aliphatic rings. The molecule has 0 spiro atoms. The van der Waals surface area contributed by atoms with Crippen LogP contribution in [-0.4, -0.2) is 87.9 Å². The minimum Gasteiger partial charge on any atom is -0.481 e. The molecule has 0 saturated heterocycles. The summed E-state index contributed by atoms with van der Waals surface area (Å²) in [6.07, 6.45) is -4.58. The quantitative estimate of drug-likeness (QED) is 0.128. The largest absolute Gasteiger partial charge is 0.481 e. The molecule has 0 fully saturated rings. The van der Waals surface area contributed by atoms with Crippen LogP contribution in [0, 0.1) is 0 Å². The van der Waals surface area contributed by atoms with Gasteiger partial charge in [-0.25, -0.2) is 9.59 Å². The molecule has 1 radical (unpaired) electrons. The Morgan fingerprint density at radius 1 is 0.483 bits per heavy atom. The first-order chi connectivity index (χ1) is 11.6. The van der Waals surface area contributed by atoms with E-state index in [1.165, 1.54) is 0 Å². The Kier molecular flexibility index (Phi) is 21.0. The fraction of sp³-hybridized carbons (Fsp3) is 0.500. The van der Waals surface area contributed by atoms with Crippen LogP contribution >= 0.6 is 0 Å². The van der Waals surface area contributed by atoms with E-state index < -0.39 is 72.7 Å².